The zero-order chi connectivity index (χ0) is 12.8. The first kappa shape index (κ1) is 13.2. The highest BCUT2D eigenvalue weighted by atomic mass is 16.5. The van der Waals surface area contributed by atoms with E-state index in [1.54, 1.807) is 0 Å². The molecule has 0 bridgehead atoms. The second-order valence-corrected chi connectivity index (χ2v) is 4.83. The number of likely N-dealkylation sites (N-methyl/N-ethyl adjacent to an activating group) is 1. The highest BCUT2D eigenvalue weighted by molar-refractivity contribution is 5.24. The Morgan fingerprint density at radius 1 is 1.28 bits per heavy atom. The summed E-state index contributed by atoms with van der Waals surface area (Å²) in [6, 6.07) is 10.9. The molecule has 0 fully saturated rings. The maximum Gasteiger partial charge on any atom is 0.109 e. The van der Waals surface area contributed by atoms with Crippen molar-refractivity contribution < 1.29 is 4.74 Å². The molecule has 1 aliphatic heterocycles. The van der Waals surface area contributed by atoms with Gasteiger partial charge in [-0.15, -0.1) is 0 Å². The first-order valence-corrected chi connectivity index (χ1v) is 6.94. The lowest BCUT2D eigenvalue weighted by Gasteiger charge is -2.29. The summed E-state index contributed by atoms with van der Waals surface area (Å²) in [6.07, 6.45) is 4.52. The minimum atomic E-state index is 0.290. The molecule has 0 saturated heterocycles. The van der Waals surface area contributed by atoms with Gasteiger partial charge in [-0.3, -0.25) is 0 Å². The van der Waals surface area contributed by atoms with E-state index in [4.69, 9.17) is 4.74 Å². The number of nitrogens with one attached hydrogen (secondary N) is 1. The smallest absolute Gasteiger partial charge is 0.109 e. The van der Waals surface area contributed by atoms with Crippen LogP contribution >= 0.6 is 0 Å². The van der Waals surface area contributed by atoms with Gasteiger partial charge in [-0.25, -0.2) is 0 Å². The van der Waals surface area contributed by atoms with Crippen LogP contribution in [0.2, 0.25) is 0 Å². The molecule has 2 heteroatoms. The maximum atomic E-state index is 5.83. The van der Waals surface area contributed by atoms with E-state index in [1.165, 1.54) is 5.56 Å². The van der Waals surface area contributed by atoms with Gasteiger partial charge in [0.1, 0.15) is 5.76 Å². The van der Waals surface area contributed by atoms with Gasteiger partial charge in [-0.1, -0.05) is 44.2 Å². The summed E-state index contributed by atoms with van der Waals surface area (Å²) in [4.78, 5) is 0. The normalized spacial score (nSPS) is 18.7. The Balaban J connectivity index is 2.16. The molecule has 1 aliphatic rings. The Hall–Kier alpha value is -1.28. The number of benzene rings is 1. The summed E-state index contributed by atoms with van der Waals surface area (Å²) >= 11 is 0. The molecule has 0 spiro atoms. The summed E-state index contributed by atoms with van der Waals surface area (Å²) in [6.45, 7) is 6.23. The Morgan fingerprint density at radius 2 is 2.06 bits per heavy atom. The molecule has 0 aromatic heterocycles. The number of hydrogen-bond donors (Lipinski definition) is 1. The second kappa shape index (κ2) is 6.60. The van der Waals surface area contributed by atoms with Crippen molar-refractivity contribution in [3.63, 3.8) is 0 Å². The molecule has 1 aromatic carbocycles. The molecule has 0 radical (unpaired) electrons. The van der Waals surface area contributed by atoms with Gasteiger partial charge in [0.25, 0.3) is 0 Å². The largest absolute Gasteiger partial charge is 0.497 e. The summed E-state index contributed by atoms with van der Waals surface area (Å²) in [5, 5.41) is 3.56. The lowest BCUT2D eigenvalue weighted by Crippen LogP contribution is -2.37. The van der Waals surface area contributed by atoms with Crippen LogP contribution in [0.1, 0.15) is 38.2 Å². The molecule has 1 heterocycles. The van der Waals surface area contributed by atoms with Gasteiger partial charge in [0.15, 0.2) is 0 Å². The second-order valence-electron chi connectivity index (χ2n) is 4.83. The Morgan fingerprint density at radius 3 is 2.67 bits per heavy atom. The van der Waals surface area contributed by atoms with Crippen LogP contribution in [-0.2, 0) is 4.74 Å². The van der Waals surface area contributed by atoms with E-state index >= 15 is 0 Å². The number of hydrogen-bond acceptors (Lipinski definition) is 2. The molecule has 2 rings (SSSR count). The highest BCUT2D eigenvalue weighted by Gasteiger charge is 2.24. The van der Waals surface area contributed by atoms with E-state index in [2.05, 4.69) is 55.6 Å². The van der Waals surface area contributed by atoms with Crippen molar-refractivity contribution in [3.8, 4) is 0 Å². The van der Waals surface area contributed by atoms with Crippen LogP contribution in [0.15, 0.2) is 42.2 Å². The van der Waals surface area contributed by atoms with Crippen LogP contribution in [0.5, 0.6) is 0 Å². The van der Waals surface area contributed by atoms with E-state index < -0.39 is 0 Å². The van der Waals surface area contributed by atoms with E-state index in [-0.39, 0.29) is 6.04 Å². The topological polar surface area (TPSA) is 21.3 Å². The molecule has 98 valence electrons. The van der Waals surface area contributed by atoms with Crippen molar-refractivity contribution in [3.05, 3.63) is 47.7 Å². The third-order valence-corrected chi connectivity index (χ3v) is 3.52. The monoisotopic (exact) mass is 245 g/mol. The first-order chi connectivity index (χ1) is 8.83. The predicted molar refractivity (Wildman–Crippen MR) is 75.6 cm³/mol. The average Bonchev–Trinajstić information content (AvgIpc) is 2.46. The maximum absolute atomic E-state index is 5.83. The van der Waals surface area contributed by atoms with Gasteiger partial charge in [-0.2, -0.15) is 0 Å². The molecule has 1 aromatic rings. The Kier molecular flexibility index (Phi) is 4.82. The lowest BCUT2D eigenvalue weighted by molar-refractivity contribution is 0.162. The van der Waals surface area contributed by atoms with Gasteiger partial charge in [0, 0.05) is 5.92 Å². The highest BCUT2D eigenvalue weighted by Crippen LogP contribution is 2.26. The molecule has 0 saturated carbocycles. The van der Waals surface area contributed by atoms with Gasteiger partial charge in [0.05, 0.1) is 12.6 Å². The SMILES string of the molecule is CCNC(C1=CCCCO1)C(C)c1ccccc1. The first-order valence-electron chi connectivity index (χ1n) is 6.94. The van der Waals surface area contributed by atoms with Gasteiger partial charge in [-0.05, 0) is 31.0 Å². The van der Waals surface area contributed by atoms with Crippen LogP contribution < -0.4 is 5.32 Å². The van der Waals surface area contributed by atoms with Crippen molar-refractivity contribution in [2.45, 2.75) is 38.6 Å². The van der Waals surface area contributed by atoms with E-state index in [0.717, 1.165) is 31.8 Å². The lowest BCUT2D eigenvalue weighted by atomic mass is 9.91. The predicted octanol–water partition coefficient (Wildman–Crippen LogP) is 3.46. The van der Waals surface area contributed by atoms with Crippen molar-refractivity contribution in [1.29, 1.82) is 0 Å². The van der Waals surface area contributed by atoms with Crippen LogP contribution in [0, 0.1) is 0 Å². The zero-order valence-corrected chi connectivity index (χ0v) is 11.4. The van der Waals surface area contributed by atoms with Gasteiger partial charge < -0.3 is 10.1 Å². The average molecular weight is 245 g/mol. The summed E-state index contributed by atoms with van der Waals surface area (Å²) in [5.74, 6) is 1.55. The van der Waals surface area contributed by atoms with Crippen molar-refractivity contribution in [2.75, 3.05) is 13.2 Å². The minimum Gasteiger partial charge on any atom is -0.497 e. The van der Waals surface area contributed by atoms with Crippen molar-refractivity contribution >= 4 is 0 Å². The molecule has 0 amide bonds. The number of rotatable bonds is 5. The Labute approximate surface area is 110 Å². The third-order valence-electron chi connectivity index (χ3n) is 3.52. The van der Waals surface area contributed by atoms with Gasteiger partial charge >= 0.3 is 0 Å². The fourth-order valence-corrected chi connectivity index (χ4v) is 2.49. The zero-order valence-electron chi connectivity index (χ0n) is 11.4. The summed E-state index contributed by atoms with van der Waals surface area (Å²) in [5.41, 5.74) is 1.36. The van der Waals surface area contributed by atoms with Crippen molar-refractivity contribution in [1.82, 2.24) is 5.32 Å². The Bertz CT molecular complexity index is 385. The third kappa shape index (κ3) is 3.14. The fourth-order valence-electron chi connectivity index (χ4n) is 2.49. The molecule has 0 aliphatic carbocycles. The standard InChI is InChI=1S/C16H23NO/c1-3-17-16(15-11-7-8-12-18-15)13(2)14-9-5-4-6-10-14/h4-6,9-11,13,16-17H,3,7-8,12H2,1-2H3. The number of allylic oxidation sites excluding steroid dienone is 1. The van der Waals surface area contributed by atoms with E-state index in [1.807, 2.05) is 0 Å². The molecule has 2 atom stereocenters. The van der Waals surface area contributed by atoms with Crippen LogP contribution in [0.3, 0.4) is 0 Å². The molecular weight excluding hydrogens is 222 g/mol. The quantitative estimate of drug-likeness (QED) is 0.857. The molecule has 18 heavy (non-hydrogen) atoms. The summed E-state index contributed by atoms with van der Waals surface area (Å²) < 4.78 is 5.83. The van der Waals surface area contributed by atoms with Crippen molar-refractivity contribution in [2.24, 2.45) is 0 Å². The minimum absolute atomic E-state index is 0.290. The van der Waals surface area contributed by atoms with Gasteiger partial charge in [0.2, 0.25) is 0 Å². The van der Waals surface area contributed by atoms with Crippen LogP contribution in [0.25, 0.3) is 0 Å². The van der Waals surface area contributed by atoms with E-state index in [0.29, 0.717) is 5.92 Å². The molecular formula is C16H23NO. The summed E-state index contributed by atoms with van der Waals surface area (Å²) in [7, 11) is 0. The van der Waals surface area contributed by atoms with E-state index in [9.17, 15) is 0 Å². The fraction of sp³-hybridized carbons (Fsp3) is 0.500. The molecule has 2 nitrogen and oxygen atoms in total. The molecule has 2 unspecified atom stereocenters. The van der Waals surface area contributed by atoms with Crippen LogP contribution in [-0.4, -0.2) is 19.2 Å². The number of ether oxygens (including phenoxy) is 1. The van der Waals surface area contributed by atoms with Crippen LogP contribution in [0.4, 0.5) is 0 Å². The molecule has 1 N–H and O–H groups in total.